The molecule has 1 aliphatic carbocycles. The summed E-state index contributed by atoms with van der Waals surface area (Å²) >= 11 is 0. The normalized spacial score (nSPS) is 25.4. The highest BCUT2D eigenvalue weighted by atomic mass is 19.1. The predicted octanol–water partition coefficient (Wildman–Crippen LogP) is 2.63. The Kier molecular flexibility index (Phi) is 3.59. The number of anilines is 3. The van der Waals surface area contributed by atoms with Crippen LogP contribution in [0.1, 0.15) is 26.2 Å². The van der Waals surface area contributed by atoms with Gasteiger partial charge in [-0.25, -0.2) is 9.37 Å². The number of hydrogen-bond donors (Lipinski definition) is 2. The van der Waals surface area contributed by atoms with Crippen molar-refractivity contribution in [2.24, 2.45) is 5.92 Å². The van der Waals surface area contributed by atoms with Gasteiger partial charge in [0.25, 0.3) is 0 Å². The molecule has 0 radical (unpaired) electrons. The van der Waals surface area contributed by atoms with E-state index in [4.69, 9.17) is 5.73 Å². The van der Waals surface area contributed by atoms with E-state index in [-0.39, 0.29) is 24.3 Å². The SMILES string of the molecule is C[C@@H]1CCC(=O)N1c1cc(N)c2cnc(NC(=O)[C@@H]3C[C@@H]3F)cc2c1. The third-order valence-electron chi connectivity index (χ3n) is 4.92. The molecule has 3 atom stereocenters. The van der Waals surface area contributed by atoms with E-state index >= 15 is 0 Å². The zero-order valence-corrected chi connectivity index (χ0v) is 13.8. The molecule has 2 aromatic rings. The topological polar surface area (TPSA) is 88.3 Å². The van der Waals surface area contributed by atoms with E-state index in [1.165, 1.54) is 0 Å². The van der Waals surface area contributed by atoms with Crippen molar-refractivity contribution in [3.63, 3.8) is 0 Å². The van der Waals surface area contributed by atoms with Crippen molar-refractivity contribution in [3.05, 3.63) is 24.4 Å². The van der Waals surface area contributed by atoms with E-state index in [2.05, 4.69) is 10.3 Å². The van der Waals surface area contributed by atoms with Crippen LogP contribution in [0.25, 0.3) is 10.8 Å². The summed E-state index contributed by atoms with van der Waals surface area (Å²) < 4.78 is 13.0. The van der Waals surface area contributed by atoms with Gasteiger partial charge in [-0.05, 0) is 43.4 Å². The second kappa shape index (κ2) is 5.68. The molecular weight excluding hydrogens is 323 g/mol. The molecule has 1 saturated heterocycles. The Labute approximate surface area is 144 Å². The highest BCUT2D eigenvalue weighted by molar-refractivity contribution is 6.03. The minimum absolute atomic E-state index is 0.0801. The van der Waals surface area contributed by atoms with Gasteiger partial charge in [0.05, 0.1) is 5.92 Å². The van der Waals surface area contributed by atoms with Crippen LogP contribution in [0.15, 0.2) is 24.4 Å². The number of nitrogens with two attached hydrogens (primary N) is 1. The monoisotopic (exact) mass is 342 g/mol. The fraction of sp³-hybridized carbons (Fsp3) is 0.389. The summed E-state index contributed by atoms with van der Waals surface area (Å²) in [5, 5.41) is 4.16. The van der Waals surface area contributed by atoms with E-state index < -0.39 is 12.1 Å². The van der Waals surface area contributed by atoms with E-state index in [1.807, 2.05) is 13.0 Å². The maximum atomic E-state index is 13.0. The summed E-state index contributed by atoms with van der Waals surface area (Å²) in [7, 11) is 0. The number of nitrogens with one attached hydrogen (secondary N) is 1. The second-order valence-corrected chi connectivity index (χ2v) is 6.82. The van der Waals surface area contributed by atoms with Crippen molar-refractivity contribution in [2.75, 3.05) is 16.0 Å². The van der Waals surface area contributed by atoms with Gasteiger partial charge in [0.1, 0.15) is 12.0 Å². The molecule has 3 N–H and O–H groups in total. The molecule has 7 heteroatoms. The number of halogens is 1. The number of benzene rings is 1. The molecule has 2 amide bonds. The number of alkyl halides is 1. The highest BCUT2D eigenvalue weighted by Crippen LogP contribution is 2.36. The Morgan fingerprint density at radius 2 is 2.16 bits per heavy atom. The van der Waals surface area contributed by atoms with Crippen molar-refractivity contribution in [1.82, 2.24) is 4.98 Å². The van der Waals surface area contributed by atoms with Crippen molar-refractivity contribution in [3.8, 4) is 0 Å². The summed E-state index contributed by atoms with van der Waals surface area (Å²) in [4.78, 5) is 30.0. The van der Waals surface area contributed by atoms with Crippen molar-refractivity contribution in [2.45, 2.75) is 38.4 Å². The molecule has 0 bridgehead atoms. The molecule has 0 unspecified atom stereocenters. The molecule has 4 rings (SSSR count). The van der Waals surface area contributed by atoms with Crippen molar-refractivity contribution < 1.29 is 14.0 Å². The molecule has 2 aliphatic rings. The first kappa shape index (κ1) is 15.8. The minimum atomic E-state index is -1.05. The number of amides is 2. The molecule has 1 aliphatic heterocycles. The quantitative estimate of drug-likeness (QED) is 0.839. The zero-order chi connectivity index (χ0) is 17.7. The first-order valence-electron chi connectivity index (χ1n) is 8.40. The number of carbonyl (C=O) groups excluding carboxylic acids is 2. The highest BCUT2D eigenvalue weighted by Gasteiger charge is 2.43. The van der Waals surface area contributed by atoms with E-state index in [1.54, 1.807) is 23.2 Å². The average Bonchev–Trinajstić information content (AvgIpc) is 3.20. The number of carbonyl (C=O) groups is 2. The third kappa shape index (κ3) is 2.79. The fourth-order valence-electron chi connectivity index (χ4n) is 3.36. The fourth-order valence-corrected chi connectivity index (χ4v) is 3.36. The zero-order valence-electron chi connectivity index (χ0n) is 13.8. The number of aromatic nitrogens is 1. The van der Waals surface area contributed by atoms with Crippen LogP contribution in [-0.4, -0.2) is 29.0 Å². The van der Waals surface area contributed by atoms with Crippen LogP contribution >= 0.6 is 0 Å². The maximum absolute atomic E-state index is 13.0. The summed E-state index contributed by atoms with van der Waals surface area (Å²) in [6.07, 6.45) is 2.15. The Bertz CT molecular complexity index is 885. The van der Waals surface area contributed by atoms with Crippen LogP contribution in [0.2, 0.25) is 0 Å². The first-order chi connectivity index (χ1) is 11.9. The van der Waals surface area contributed by atoms with Crippen LogP contribution < -0.4 is 16.0 Å². The number of hydrogen-bond acceptors (Lipinski definition) is 4. The summed E-state index contributed by atoms with van der Waals surface area (Å²) in [5.74, 6) is -0.491. The van der Waals surface area contributed by atoms with Gasteiger partial charge in [-0.2, -0.15) is 0 Å². The molecule has 1 aromatic heterocycles. The Morgan fingerprint density at radius 1 is 1.40 bits per heavy atom. The molecule has 1 saturated carbocycles. The molecule has 25 heavy (non-hydrogen) atoms. The first-order valence-corrected chi connectivity index (χ1v) is 8.40. The molecule has 6 nitrogen and oxygen atoms in total. The molecule has 0 spiro atoms. The summed E-state index contributed by atoms with van der Waals surface area (Å²) in [6, 6.07) is 5.48. The Balaban J connectivity index is 1.68. The lowest BCUT2D eigenvalue weighted by molar-refractivity contribution is -0.118. The van der Waals surface area contributed by atoms with Gasteiger partial charge >= 0.3 is 0 Å². The van der Waals surface area contributed by atoms with Gasteiger partial charge in [-0.15, -0.1) is 0 Å². The minimum Gasteiger partial charge on any atom is -0.398 e. The van der Waals surface area contributed by atoms with Crippen molar-refractivity contribution >= 4 is 39.8 Å². The van der Waals surface area contributed by atoms with Crippen LogP contribution in [-0.2, 0) is 9.59 Å². The standard InChI is InChI=1S/C18H19FN4O2/c1-9-2-3-17(24)23(9)11-4-10-5-16(21-8-13(10)15(20)6-11)22-18(25)12-7-14(12)19/h4-6,8-9,12,14H,2-3,7,20H2,1H3,(H,21,22,25)/t9-,12-,14+/m1/s1. The lowest BCUT2D eigenvalue weighted by Crippen LogP contribution is -2.30. The number of rotatable bonds is 3. The van der Waals surface area contributed by atoms with Crippen LogP contribution in [0, 0.1) is 5.92 Å². The van der Waals surface area contributed by atoms with Gasteiger partial charge in [0.15, 0.2) is 0 Å². The number of nitrogen functional groups attached to an aromatic ring is 1. The van der Waals surface area contributed by atoms with Gasteiger partial charge in [-0.3, -0.25) is 9.59 Å². The lowest BCUT2D eigenvalue weighted by Gasteiger charge is -2.22. The van der Waals surface area contributed by atoms with Gasteiger partial charge < -0.3 is 16.0 Å². The molecular formula is C18H19FN4O2. The smallest absolute Gasteiger partial charge is 0.231 e. The Morgan fingerprint density at radius 3 is 2.80 bits per heavy atom. The second-order valence-electron chi connectivity index (χ2n) is 6.82. The predicted molar refractivity (Wildman–Crippen MR) is 94.0 cm³/mol. The average molecular weight is 342 g/mol. The molecule has 130 valence electrons. The van der Waals surface area contributed by atoms with Crippen LogP contribution in [0.5, 0.6) is 0 Å². The van der Waals surface area contributed by atoms with Gasteiger partial charge in [-0.1, -0.05) is 0 Å². The Hall–Kier alpha value is -2.70. The van der Waals surface area contributed by atoms with E-state index in [9.17, 15) is 14.0 Å². The third-order valence-corrected chi connectivity index (χ3v) is 4.92. The molecule has 2 heterocycles. The van der Waals surface area contributed by atoms with Crippen molar-refractivity contribution in [1.29, 1.82) is 0 Å². The summed E-state index contributed by atoms with van der Waals surface area (Å²) in [5.41, 5.74) is 7.40. The number of nitrogens with zero attached hydrogens (tertiary/aromatic N) is 2. The van der Waals surface area contributed by atoms with Gasteiger partial charge in [0, 0.05) is 35.4 Å². The molecule has 2 fully saturated rings. The summed E-state index contributed by atoms with van der Waals surface area (Å²) in [6.45, 7) is 2.01. The lowest BCUT2D eigenvalue weighted by atomic mass is 10.1. The number of fused-ring (bicyclic) bond motifs is 1. The van der Waals surface area contributed by atoms with Crippen LogP contribution in [0.3, 0.4) is 0 Å². The van der Waals surface area contributed by atoms with E-state index in [0.717, 1.165) is 22.9 Å². The van der Waals surface area contributed by atoms with Gasteiger partial charge in [0.2, 0.25) is 11.8 Å². The number of pyridine rings is 1. The van der Waals surface area contributed by atoms with Crippen LogP contribution in [0.4, 0.5) is 21.6 Å². The van der Waals surface area contributed by atoms with E-state index in [0.29, 0.717) is 17.9 Å². The largest absolute Gasteiger partial charge is 0.398 e. The molecule has 1 aromatic carbocycles. The maximum Gasteiger partial charge on any atom is 0.231 e.